The van der Waals surface area contributed by atoms with Gasteiger partial charge in [0.25, 0.3) is 0 Å². The van der Waals surface area contributed by atoms with Crippen LogP contribution in [0.1, 0.15) is 19.4 Å². The number of para-hydroxylation sites is 1. The quantitative estimate of drug-likeness (QED) is 0.489. The highest BCUT2D eigenvalue weighted by molar-refractivity contribution is 5.78. The molecule has 1 aromatic rings. The first-order valence-corrected chi connectivity index (χ1v) is 7.10. The topological polar surface area (TPSA) is 53.6 Å². The van der Waals surface area contributed by atoms with Crippen molar-refractivity contribution in [2.24, 2.45) is 10.7 Å². The molecule has 0 spiro atoms. The maximum atomic E-state index is 5.84. The van der Waals surface area contributed by atoms with Crippen molar-refractivity contribution >= 4 is 11.6 Å². The Morgan fingerprint density at radius 1 is 1.50 bits per heavy atom. The lowest BCUT2D eigenvalue weighted by Crippen LogP contribution is -2.37. The summed E-state index contributed by atoms with van der Waals surface area (Å²) in [5.41, 5.74) is 9.65. The molecule has 3 N–H and O–H groups in total. The molecule has 1 heterocycles. The highest BCUT2D eigenvalue weighted by atomic mass is 15.2. The van der Waals surface area contributed by atoms with Gasteiger partial charge in [-0.3, -0.25) is 4.99 Å². The lowest BCUT2D eigenvalue weighted by molar-refractivity contribution is 0.661. The minimum Gasteiger partial charge on any atom is -0.370 e. The summed E-state index contributed by atoms with van der Waals surface area (Å²) >= 11 is 0. The predicted octanol–water partition coefficient (Wildman–Crippen LogP) is 1.92. The van der Waals surface area contributed by atoms with Gasteiger partial charge in [-0.25, -0.2) is 0 Å². The zero-order chi connectivity index (χ0) is 14.5. The van der Waals surface area contributed by atoms with Crippen LogP contribution in [0, 0.1) is 0 Å². The molecule has 4 heteroatoms. The molecule has 1 aromatic carbocycles. The number of nitrogens with one attached hydrogen (secondary N) is 1. The minimum absolute atomic E-state index is 0.351. The van der Waals surface area contributed by atoms with Gasteiger partial charge < -0.3 is 16.0 Å². The number of rotatable bonds is 5. The molecule has 1 aliphatic rings. The van der Waals surface area contributed by atoms with Crippen molar-refractivity contribution < 1.29 is 0 Å². The van der Waals surface area contributed by atoms with Gasteiger partial charge in [0.1, 0.15) is 0 Å². The highest BCUT2D eigenvalue weighted by Crippen LogP contribution is 2.29. The van der Waals surface area contributed by atoms with E-state index in [9.17, 15) is 0 Å². The summed E-state index contributed by atoms with van der Waals surface area (Å²) in [7, 11) is 0. The predicted molar refractivity (Wildman–Crippen MR) is 86.3 cm³/mol. The number of benzene rings is 1. The number of nitrogens with two attached hydrogens (primary N) is 1. The van der Waals surface area contributed by atoms with E-state index in [1.165, 1.54) is 11.3 Å². The van der Waals surface area contributed by atoms with E-state index in [-0.39, 0.29) is 0 Å². The molecule has 4 nitrogen and oxygen atoms in total. The molecule has 1 aliphatic heterocycles. The number of hydrogen-bond acceptors (Lipinski definition) is 2. The number of aliphatic imine (C=N–C) groups is 1. The van der Waals surface area contributed by atoms with E-state index in [0.29, 0.717) is 25.1 Å². The Bertz CT molecular complexity index is 507. The van der Waals surface area contributed by atoms with E-state index in [4.69, 9.17) is 5.73 Å². The first kappa shape index (κ1) is 14.4. The van der Waals surface area contributed by atoms with E-state index in [2.05, 4.69) is 53.0 Å². The van der Waals surface area contributed by atoms with E-state index in [1.54, 1.807) is 0 Å². The van der Waals surface area contributed by atoms with Crippen LogP contribution in [0.25, 0.3) is 0 Å². The molecule has 0 saturated heterocycles. The van der Waals surface area contributed by atoms with E-state index in [1.807, 2.05) is 6.92 Å². The van der Waals surface area contributed by atoms with Gasteiger partial charge in [0.2, 0.25) is 0 Å². The van der Waals surface area contributed by atoms with Crippen LogP contribution >= 0.6 is 0 Å². The Balaban J connectivity index is 1.91. The Morgan fingerprint density at radius 3 is 3.00 bits per heavy atom. The summed E-state index contributed by atoms with van der Waals surface area (Å²) in [6.45, 7) is 10.4. The van der Waals surface area contributed by atoms with Crippen LogP contribution in [0.5, 0.6) is 0 Å². The molecule has 108 valence electrons. The van der Waals surface area contributed by atoms with Gasteiger partial charge in [-0.1, -0.05) is 30.4 Å². The van der Waals surface area contributed by atoms with Crippen molar-refractivity contribution in [2.45, 2.75) is 26.3 Å². The Labute approximate surface area is 121 Å². The van der Waals surface area contributed by atoms with Crippen LogP contribution < -0.4 is 16.0 Å². The summed E-state index contributed by atoms with van der Waals surface area (Å²) < 4.78 is 0. The summed E-state index contributed by atoms with van der Waals surface area (Å²) in [4.78, 5) is 6.82. The molecule has 0 aromatic heterocycles. The van der Waals surface area contributed by atoms with Gasteiger partial charge in [0.15, 0.2) is 5.96 Å². The van der Waals surface area contributed by atoms with Gasteiger partial charge in [0.05, 0.1) is 6.54 Å². The number of guanidine groups is 1. The van der Waals surface area contributed by atoms with Crippen molar-refractivity contribution in [3.05, 3.63) is 42.0 Å². The fourth-order valence-electron chi connectivity index (χ4n) is 2.45. The van der Waals surface area contributed by atoms with Gasteiger partial charge in [0, 0.05) is 24.8 Å². The fraction of sp³-hybridized carbons (Fsp3) is 0.438. The van der Waals surface area contributed by atoms with Crippen LogP contribution in [-0.4, -0.2) is 31.6 Å². The summed E-state index contributed by atoms with van der Waals surface area (Å²) in [5.74, 6) is 0.493. The van der Waals surface area contributed by atoms with Crippen molar-refractivity contribution in [1.82, 2.24) is 5.32 Å². The second-order valence-corrected chi connectivity index (χ2v) is 5.46. The lowest BCUT2D eigenvalue weighted by atomic mass is 10.2. The molecular formula is C16H24N4. The first-order chi connectivity index (χ1) is 9.58. The van der Waals surface area contributed by atoms with Crippen LogP contribution in [0.3, 0.4) is 0 Å². The molecule has 1 unspecified atom stereocenters. The molecule has 0 saturated carbocycles. The SMILES string of the molecule is C=C(C)CNC(N)=NCC(C)N1CCc2ccccc21. The fourth-order valence-corrected chi connectivity index (χ4v) is 2.45. The first-order valence-electron chi connectivity index (χ1n) is 7.10. The number of fused-ring (bicyclic) bond motifs is 1. The second-order valence-electron chi connectivity index (χ2n) is 5.46. The third-order valence-corrected chi connectivity index (χ3v) is 3.55. The smallest absolute Gasteiger partial charge is 0.188 e. The molecule has 0 aliphatic carbocycles. The molecule has 0 radical (unpaired) electrons. The minimum atomic E-state index is 0.351. The summed E-state index contributed by atoms with van der Waals surface area (Å²) in [5, 5.41) is 3.06. The number of anilines is 1. The molecule has 1 atom stereocenters. The van der Waals surface area contributed by atoms with Crippen molar-refractivity contribution in [3.63, 3.8) is 0 Å². The van der Waals surface area contributed by atoms with Crippen molar-refractivity contribution in [1.29, 1.82) is 0 Å². The van der Waals surface area contributed by atoms with Gasteiger partial charge >= 0.3 is 0 Å². The zero-order valence-corrected chi connectivity index (χ0v) is 12.4. The molecule has 0 fully saturated rings. The van der Waals surface area contributed by atoms with E-state index >= 15 is 0 Å². The molecule has 0 bridgehead atoms. The average molecular weight is 272 g/mol. The van der Waals surface area contributed by atoms with Crippen LogP contribution in [-0.2, 0) is 6.42 Å². The van der Waals surface area contributed by atoms with Crippen molar-refractivity contribution in [3.8, 4) is 0 Å². The van der Waals surface area contributed by atoms with Gasteiger partial charge in [-0.15, -0.1) is 0 Å². The van der Waals surface area contributed by atoms with Crippen LogP contribution in [0.4, 0.5) is 5.69 Å². The van der Waals surface area contributed by atoms with Gasteiger partial charge in [-0.05, 0) is 31.9 Å². The number of nitrogens with zero attached hydrogens (tertiary/aromatic N) is 2. The third kappa shape index (κ3) is 3.53. The summed E-state index contributed by atoms with van der Waals surface area (Å²) in [6, 6.07) is 8.93. The molecular weight excluding hydrogens is 248 g/mol. The highest BCUT2D eigenvalue weighted by Gasteiger charge is 2.22. The molecule has 2 rings (SSSR count). The average Bonchev–Trinajstić information content (AvgIpc) is 2.86. The standard InChI is InChI=1S/C16H24N4/c1-12(2)10-18-16(17)19-11-13(3)20-9-8-14-6-4-5-7-15(14)20/h4-7,13H,1,8-11H2,2-3H3,(H3,17,18,19). The maximum Gasteiger partial charge on any atom is 0.188 e. The van der Waals surface area contributed by atoms with Crippen LogP contribution in [0.15, 0.2) is 41.4 Å². The number of hydrogen-bond donors (Lipinski definition) is 2. The zero-order valence-electron chi connectivity index (χ0n) is 12.4. The van der Waals surface area contributed by atoms with Gasteiger partial charge in [-0.2, -0.15) is 0 Å². The second kappa shape index (κ2) is 6.46. The normalized spacial score (nSPS) is 15.9. The largest absolute Gasteiger partial charge is 0.370 e. The monoisotopic (exact) mass is 272 g/mol. The Morgan fingerprint density at radius 2 is 2.25 bits per heavy atom. The maximum absolute atomic E-state index is 5.84. The molecule has 20 heavy (non-hydrogen) atoms. The lowest BCUT2D eigenvalue weighted by Gasteiger charge is -2.26. The Kier molecular flexibility index (Phi) is 4.66. The van der Waals surface area contributed by atoms with E-state index in [0.717, 1.165) is 18.5 Å². The Hall–Kier alpha value is -1.97. The van der Waals surface area contributed by atoms with Crippen molar-refractivity contribution in [2.75, 3.05) is 24.5 Å². The summed E-state index contributed by atoms with van der Waals surface area (Å²) in [6.07, 6.45) is 1.12. The molecule has 0 amide bonds. The van der Waals surface area contributed by atoms with Crippen LogP contribution in [0.2, 0.25) is 0 Å². The van der Waals surface area contributed by atoms with E-state index < -0.39 is 0 Å². The third-order valence-electron chi connectivity index (χ3n) is 3.55.